The monoisotopic (exact) mass is 739 g/mol. The van der Waals surface area contributed by atoms with Crippen LogP contribution in [0.5, 0.6) is 0 Å². The number of hydrogen-bond donors (Lipinski definition) is 0. The second-order valence-electron chi connectivity index (χ2n) is 14.9. The maximum atomic E-state index is 6.27. The summed E-state index contributed by atoms with van der Waals surface area (Å²) in [7, 11) is 0. The minimum atomic E-state index is 0.898. The van der Waals surface area contributed by atoms with Crippen LogP contribution in [0.4, 0.5) is 17.1 Å². The standard InChI is InChI=1S/C56H37NO/c1-2-13-41(14-3-1)48-20-10-16-42-17-11-21-52(56(42)48)49-18-6-8-22-53(49)57(46-31-26-39(27-32-46)44-25-24-38-12-4-5-15-43(38)36-44)47-33-28-40(29-34-47)45-30-35-51-50-19-7-9-23-54(50)58-55(51)37-45/h1-37H. The van der Waals surface area contributed by atoms with Gasteiger partial charge in [-0.2, -0.15) is 0 Å². The van der Waals surface area contributed by atoms with Crippen molar-refractivity contribution in [1.29, 1.82) is 0 Å². The van der Waals surface area contributed by atoms with Gasteiger partial charge in [0.15, 0.2) is 0 Å². The van der Waals surface area contributed by atoms with Gasteiger partial charge in [0, 0.05) is 27.7 Å². The molecule has 0 fully saturated rings. The van der Waals surface area contributed by atoms with E-state index in [9.17, 15) is 0 Å². The van der Waals surface area contributed by atoms with Gasteiger partial charge in [-0.15, -0.1) is 0 Å². The van der Waals surface area contributed by atoms with Crippen LogP contribution in [-0.2, 0) is 0 Å². The zero-order valence-corrected chi connectivity index (χ0v) is 31.7. The Balaban J connectivity index is 1.05. The molecule has 10 aromatic carbocycles. The van der Waals surface area contributed by atoms with E-state index in [1.807, 2.05) is 12.1 Å². The fourth-order valence-corrected chi connectivity index (χ4v) is 8.63. The molecule has 0 unspecified atom stereocenters. The summed E-state index contributed by atoms with van der Waals surface area (Å²) in [6.07, 6.45) is 0. The normalized spacial score (nSPS) is 11.4. The zero-order valence-electron chi connectivity index (χ0n) is 31.7. The summed E-state index contributed by atoms with van der Waals surface area (Å²) < 4.78 is 6.27. The third-order valence-electron chi connectivity index (χ3n) is 11.5. The Morgan fingerprint density at radius 2 is 0.845 bits per heavy atom. The van der Waals surface area contributed by atoms with Crippen molar-refractivity contribution < 1.29 is 4.42 Å². The highest BCUT2D eigenvalue weighted by atomic mass is 16.3. The van der Waals surface area contributed by atoms with Gasteiger partial charge < -0.3 is 9.32 Å². The molecule has 0 aliphatic heterocycles. The SMILES string of the molecule is c1ccc(-c2cccc3cccc(-c4ccccc4N(c4ccc(-c5ccc6ccccc6c5)cc4)c4ccc(-c5ccc6c(c5)oc5ccccc56)cc4)c23)cc1. The highest BCUT2D eigenvalue weighted by Crippen LogP contribution is 2.45. The maximum Gasteiger partial charge on any atom is 0.136 e. The van der Waals surface area contributed by atoms with Gasteiger partial charge in [0.1, 0.15) is 11.2 Å². The van der Waals surface area contributed by atoms with E-state index in [-0.39, 0.29) is 0 Å². The van der Waals surface area contributed by atoms with E-state index in [0.717, 1.165) is 55.7 Å². The fourth-order valence-electron chi connectivity index (χ4n) is 8.63. The molecule has 2 heteroatoms. The molecule has 272 valence electrons. The molecule has 0 amide bonds. The lowest BCUT2D eigenvalue weighted by Crippen LogP contribution is -2.11. The van der Waals surface area contributed by atoms with Crippen LogP contribution in [0.2, 0.25) is 0 Å². The topological polar surface area (TPSA) is 16.4 Å². The minimum absolute atomic E-state index is 0.898. The third kappa shape index (κ3) is 5.91. The van der Waals surface area contributed by atoms with Crippen molar-refractivity contribution in [2.45, 2.75) is 0 Å². The van der Waals surface area contributed by atoms with Crippen LogP contribution in [0.1, 0.15) is 0 Å². The summed E-state index contributed by atoms with van der Waals surface area (Å²) in [5, 5.41) is 7.22. The van der Waals surface area contributed by atoms with Gasteiger partial charge in [-0.1, -0.05) is 170 Å². The molecular weight excluding hydrogens is 703 g/mol. The first-order chi connectivity index (χ1) is 28.7. The lowest BCUT2D eigenvalue weighted by atomic mass is 9.90. The molecule has 0 atom stereocenters. The molecule has 2 nitrogen and oxygen atoms in total. The van der Waals surface area contributed by atoms with Gasteiger partial charge in [0.2, 0.25) is 0 Å². The van der Waals surface area contributed by atoms with E-state index in [4.69, 9.17) is 4.42 Å². The molecule has 58 heavy (non-hydrogen) atoms. The zero-order chi connectivity index (χ0) is 38.4. The number of para-hydroxylation sites is 2. The number of rotatable bonds is 7. The van der Waals surface area contributed by atoms with Crippen LogP contribution in [-0.4, -0.2) is 0 Å². The molecule has 11 aromatic rings. The molecule has 0 radical (unpaired) electrons. The van der Waals surface area contributed by atoms with Crippen LogP contribution in [0, 0.1) is 0 Å². The first-order valence-electron chi connectivity index (χ1n) is 19.8. The molecule has 0 aliphatic carbocycles. The number of nitrogens with zero attached hydrogens (tertiary/aromatic N) is 1. The van der Waals surface area contributed by atoms with E-state index in [0.29, 0.717) is 0 Å². The number of furan rings is 1. The lowest BCUT2D eigenvalue weighted by Gasteiger charge is -2.29. The average molecular weight is 740 g/mol. The highest BCUT2D eigenvalue weighted by Gasteiger charge is 2.20. The van der Waals surface area contributed by atoms with E-state index >= 15 is 0 Å². The Morgan fingerprint density at radius 3 is 1.62 bits per heavy atom. The average Bonchev–Trinajstić information content (AvgIpc) is 3.67. The summed E-state index contributed by atoms with van der Waals surface area (Å²) in [5.74, 6) is 0. The van der Waals surface area contributed by atoms with Crippen molar-refractivity contribution >= 4 is 60.5 Å². The second-order valence-corrected chi connectivity index (χ2v) is 14.9. The molecule has 0 saturated carbocycles. The number of benzene rings is 10. The van der Waals surface area contributed by atoms with E-state index in [2.05, 4.69) is 217 Å². The molecule has 0 N–H and O–H groups in total. The molecule has 1 heterocycles. The summed E-state index contributed by atoms with van der Waals surface area (Å²) >= 11 is 0. The predicted molar refractivity (Wildman–Crippen MR) is 245 cm³/mol. The lowest BCUT2D eigenvalue weighted by molar-refractivity contribution is 0.669. The van der Waals surface area contributed by atoms with Gasteiger partial charge in [-0.3, -0.25) is 0 Å². The first-order valence-corrected chi connectivity index (χ1v) is 19.8. The Bertz CT molecular complexity index is 3260. The van der Waals surface area contributed by atoms with E-state index < -0.39 is 0 Å². The highest BCUT2D eigenvalue weighted by molar-refractivity contribution is 6.09. The fraction of sp³-hybridized carbons (Fsp3) is 0. The van der Waals surface area contributed by atoms with Crippen molar-refractivity contribution in [1.82, 2.24) is 0 Å². The quantitative estimate of drug-likeness (QED) is 0.162. The largest absolute Gasteiger partial charge is 0.456 e. The number of hydrogen-bond acceptors (Lipinski definition) is 2. The van der Waals surface area contributed by atoms with Gasteiger partial charge in [-0.05, 0) is 115 Å². The van der Waals surface area contributed by atoms with Crippen LogP contribution >= 0.6 is 0 Å². The van der Waals surface area contributed by atoms with Gasteiger partial charge in [0.05, 0.1) is 5.69 Å². The van der Waals surface area contributed by atoms with Crippen LogP contribution in [0.25, 0.3) is 88.0 Å². The minimum Gasteiger partial charge on any atom is -0.456 e. The number of fused-ring (bicyclic) bond motifs is 5. The maximum absolute atomic E-state index is 6.27. The van der Waals surface area contributed by atoms with Crippen molar-refractivity contribution in [3.8, 4) is 44.5 Å². The Kier molecular flexibility index (Phi) is 8.19. The summed E-state index contributed by atoms with van der Waals surface area (Å²) in [6.45, 7) is 0. The van der Waals surface area contributed by atoms with Gasteiger partial charge in [-0.25, -0.2) is 0 Å². The Hall–Kier alpha value is -7.68. The van der Waals surface area contributed by atoms with E-state index in [1.165, 1.54) is 49.4 Å². The Morgan fingerprint density at radius 1 is 0.293 bits per heavy atom. The molecule has 0 bridgehead atoms. The summed E-state index contributed by atoms with van der Waals surface area (Å²) in [5.41, 5.74) is 14.5. The Labute approximate surface area is 337 Å². The molecule has 11 rings (SSSR count). The summed E-state index contributed by atoms with van der Waals surface area (Å²) in [6, 6.07) is 80.8. The molecule has 1 aromatic heterocycles. The third-order valence-corrected chi connectivity index (χ3v) is 11.5. The van der Waals surface area contributed by atoms with Crippen molar-refractivity contribution in [2.75, 3.05) is 4.90 Å². The van der Waals surface area contributed by atoms with Crippen LogP contribution in [0.15, 0.2) is 229 Å². The van der Waals surface area contributed by atoms with Crippen LogP contribution < -0.4 is 4.90 Å². The molecule has 0 aliphatic rings. The van der Waals surface area contributed by atoms with Gasteiger partial charge >= 0.3 is 0 Å². The van der Waals surface area contributed by atoms with E-state index in [1.54, 1.807) is 0 Å². The first kappa shape index (κ1) is 33.6. The van der Waals surface area contributed by atoms with Crippen molar-refractivity contribution in [3.05, 3.63) is 224 Å². The smallest absolute Gasteiger partial charge is 0.136 e. The van der Waals surface area contributed by atoms with Crippen molar-refractivity contribution in [3.63, 3.8) is 0 Å². The van der Waals surface area contributed by atoms with Gasteiger partial charge in [0.25, 0.3) is 0 Å². The molecule has 0 saturated heterocycles. The summed E-state index contributed by atoms with van der Waals surface area (Å²) in [4.78, 5) is 2.40. The second kappa shape index (κ2) is 14.1. The molecular formula is C56H37NO. The predicted octanol–water partition coefficient (Wildman–Crippen LogP) is 16.0. The molecule has 0 spiro atoms. The van der Waals surface area contributed by atoms with Crippen LogP contribution in [0.3, 0.4) is 0 Å². The number of anilines is 3. The van der Waals surface area contributed by atoms with Crippen molar-refractivity contribution in [2.24, 2.45) is 0 Å².